The highest BCUT2D eigenvalue weighted by molar-refractivity contribution is 5.95. The molecule has 0 atom stereocenters. The lowest BCUT2D eigenvalue weighted by Gasteiger charge is -2.06. The fourth-order valence-electron chi connectivity index (χ4n) is 3.36. The molecule has 2 aromatic heterocycles. The number of anilines is 1. The number of fused-ring (bicyclic) bond motifs is 2. The summed E-state index contributed by atoms with van der Waals surface area (Å²) in [7, 11) is 0. The van der Waals surface area contributed by atoms with E-state index >= 15 is 0 Å². The van der Waals surface area contributed by atoms with Crippen molar-refractivity contribution in [1.29, 1.82) is 0 Å². The Morgan fingerprint density at radius 1 is 1.03 bits per heavy atom. The number of para-hydroxylation sites is 2. The number of nitrogens with one attached hydrogen (secondary N) is 2. The minimum Gasteiger partial charge on any atom is -0.444 e. The molecule has 1 amide bonds. The van der Waals surface area contributed by atoms with E-state index in [0.717, 1.165) is 21.9 Å². The third-order valence-corrected chi connectivity index (χ3v) is 4.75. The van der Waals surface area contributed by atoms with Crippen LogP contribution in [0, 0.1) is 0 Å². The molecule has 7 heteroatoms. The Bertz CT molecular complexity index is 1300. The topological polar surface area (TPSA) is 93.0 Å². The Morgan fingerprint density at radius 2 is 1.87 bits per heavy atom. The third-order valence-electron chi connectivity index (χ3n) is 4.75. The summed E-state index contributed by atoms with van der Waals surface area (Å²) in [6, 6.07) is 23.1. The maximum Gasteiger partial charge on any atom is 0.395 e. The zero-order chi connectivity index (χ0) is 20.3. The zero-order valence-corrected chi connectivity index (χ0v) is 16.0. The summed E-state index contributed by atoms with van der Waals surface area (Å²) in [6.07, 6.45) is 0.454. The molecule has 0 saturated heterocycles. The summed E-state index contributed by atoms with van der Waals surface area (Å²) in [5.41, 5.74) is 3.07. The Balaban J connectivity index is 1.21. The van der Waals surface area contributed by atoms with Gasteiger partial charge in [0.2, 0.25) is 5.91 Å². The Hall–Kier alpha value is -4.13. The number of ether oxygens (including phenoxy) is 1. The number of carbonyl (C=O) groups is 1. The van der Waals surface area contributed by atoms with Crippen LogP contribution in [0.25, 0.3) is 21.9 Å². The van der Waals surface area contributed by atoms with E-state index in [2.05, 4.69) is 20.5 Å². The van der Waals surface area contributed by atoms with Crippen molar-refractivity contribution in [2.75, 3.05) is 5.32 Å². The number of aromatic nitrogens is 3. The monoisotopic (exact) mass is 398 g/mol. The standard InChI is InChI=1S/C23H18N4O3/c28-22(12-16-8-5-7-15-6-1-2-9-18(15)16)25-21-13-17(26-27-21)14-29-23-24-19-10-3-4-11-20(19)30-23/h1-11,13H,12,14H2,(H2,25,26,27,28). The zero-order valence-electron chi connectivity index (χ0n) is 16.0. The number of hydrogen-bond donors (Lipinski definition) is 2. The van der Waals surface area contributed by atoms with Crippen LogP contribution in [-0.4, -0.2) is 21.1 Å². The highest BCUT2D eigenvalue weighted by Crippen LogP contribution is 2.21. The molecule has 5 aromatic rings. The van der Waals surface area contributed by atoms with Gasteiger partial charge in [-0.3, -0.25) is 9.89 Å². The summed E-state index contributed by atoms with van der Waals surface area (Å²) in [4.78, 5) is 16.8. The van der Waals surface area contributed by atoms with Gasteiger partial charge in [-0.05, 0) is 28.5 Å². The molecule has 2 N–H and O–H groups in total. The highest BCUT2D eigenvalue weighted by Gasteiger charge is 2.11. The van der Waals surface area contributed by atoms with Gasteiger partial charge in [0.15, 0.2) is 11.4 Å². The number of hydrogen-bond acceptors (Lipinski definition) is 5. The average molecular weight is 398 g/mol. The summed E-state index contributed by atoms with van der Waals surface area (Å²) in [5.74, 6) is 0.306. The molecular weight excluding hydrogens is 380 g/mol. The number of H-pyrrole nitrogens is 1. The van der Waals surface area contributed by atoms with Crippen molar-refractivity contribution in [1.82, 2.24) is 15.2 Å². The first-order valence-corrected chi connectivity index (χ1v) is 9.54. The van der Waals surface area contributed by atoms with Crippen LogP contribution in [0.3, 0.4) is 0 Å². The second kappa shape index (κ2) is 7.71. The highest BCUT2D eigenvalue weighted by atomic mass is 16.6. The van der Waals surface area contributed by atoms with Gasteiger partial charge in [-0.2, -0.15) is 10.1 Å². The fraction of sp³-hybridized carbons (Fsp3) is 0.0870. The van der Waals surface area contributed by atoms with Crippen molar-refractivity contribution in [3.8, 4) is 6.08 Å². The number of rotatable bonds is 6. The maximum absolute atomic E-state index is 12.5. The van der Waals surface area contributed by atoms with Gasteiger partial charge < -0.3 is 14.5 Å². The molecule has 0 radical (unpaired) electrons. The minimum absolute atomic E-state index is 0.135. The average Bonchev–Trinajstić information content (AvgIpc) is 3.38. The molecule has 0 unspecified atom stereocenters. The fourth-order valence-corrected chi connectivity index (χ4v) is 3.36. The first-order chi connectivity index (χ1) is 14.7. The minimum atomic E-state index is -0.135. The lowest BCUT2D eigenvalue weighted by molar-refractivity contribution is -0.115. The van der Waals surface area contributed by atoms with Crippen molar-refractivity contribution >= 4 is 33.6 Å². The van der Waals surface area contributed by atoms with E-state index in [4.69, 9.17) is 9.15 Å². The van der Waals surface area contributed by atoms with E-state index in [9.17, 15) is 4.79 Å². The van der Waals surface area contributed by atoms with E-state index in [1.165, 1.54) is 0 Å². The van der Waals surface area contributed by atoms with Crippen LogP contribution < -0.4 is 10.1 Å². The van der Waals surface area contributed by atoms with Crippen molar-refractivity contribution < 1.29 is 13.9 Å². The van der Waals surface area contributed by atoms with Crippen molar-refractivity contribution in [2.45, 2.75) is 13.0 Å². The molecule has 0 aliphatic heterocycles. The van der Waals surface area contributed by atoms with E-state index in [-0.39, 0.29) is 25.0 Å². The van der Waals surface area contributed by atoms with E-state index in [0.29, 0.717) is 17.1 Å². The second-order valence-electron chi connectivity index (χ2n) is 6.88. The quantitative estimate of drug-likeness (QED) is 0.440. The Labute approximate surface area is 171 Å². The number of nitrogens with zero attached hydrogens (tertiary/aromatic N) is 2. The molecule has 0 bridgehead atoms. The predicted molar refractivity (Wildman–Crippen MR) is 113 cm³/mol. The molecule has 2 heterocycles. The SMILES string of the molecule is O=C(Cc1cccc2ccccc12)Nc1cc(COc2nc3ccccc3o2)[nH]n1. The first-order valence-electron chi connectivity index (χ1n) is 9.54. The molecular formula is C23H18N4O3. The van der Waals surface area contributed by atoms with Gasteiger partial charge in [0.25, 0.3) is 0 Å². The smallest absolute Gasteiger partial charge is 0.395 e. The summed E-state index contributed by atoms with van der Waals surface area (Å²) < 4.78 is 11.1. The Morgan fingerprint density at radius 3 is 2.80 bits per heavy atom. The van der Waals surface area contributed by atoms with Gasteiger partial charge in [-0.1, -0.05) is 54.6 Å². The molecule has 3 aromatic carbocycles. The van der Waals surface area contributed by atoms with Gasteiger partial charge in [0.1, 0.15) is 12.1 Å². The molecule has 5 rings (SSSR count). The summed E-state index contributed by atoms with van der Waals surface area (Å²) in [5, 5.41) is 12.0. The van der Waals surface area contributed by atoms with Gasteiger partial charge in [0, 0.05) is 6.07 Å². The second-order valence-corrected chi connectivity index (χ2v) is 6.88. The van der Waals surface area contributed by atoms with Crippen LogP contribution in [0.4, 0.5) is 5.82 Å². The summed E-state index contributed by atoms with van der Waals surface area (Å²) >= 11 is 0. The lowest BCUT2D eigenvalue weighted by atomic mass is 10.0. The normalized spacial score (nSPS) is 11.1. The van der Waals surface area contributed by atoms with Gasteiger partial charge in [-0.15, -0.1) is 0 Å². The van der Waals surface area contributed by atoms with Crippen molar-refractivity contribution in [3.05, 3.63) is 84.1 Å². The van der Waals surface area contributed by atoms with Crippen molar-refractivity contribution in [2.24, 2.45) is 0 Å². The maximum atomic E-state index is 12.5. The van der Waals surface area contributed by atoms with Gasteiger partial charge in [0.05, 0.1) is 12.1 Å². The van der Waals surface area contributed by atoms with E-state index in [1.807, 2.05) is 66.7 Å². The molecule has 0 saturated carbocycles. The number of oxazole rings is 1. The van der Waals surface area contributed by atoms with Gasteiger partial charge in [-0.25, -0.2) is 0 Å². The first kappa shape index (κ1) is 17.9. The molecule has 7 nitrogen and oxygen atoms in total. The number of aromatic amines is 1. The molecule has 148 valence electrons. The lowest BCUT2D eigenvalue weighted by Crippen LogP contribution is -2.14. The molecule has 0 aliphatic carbocycles. The molecule has 30 heavy (non-hydrogen) atoms. The number of carbonyl (C=O) groups excluding carboxylic acids is 1. The number of benzene rings is 3. The van der Waals surface area contributed by atoms with Crippen molar-refractivity contribution in [3.63, 3.8) is 0 Å². The molecule has 0 aliphatic rings. The van der Waals surface area contributed by atoms with E-state index in [1.54, 1.807) is 6.07 Å². The Kier molecular flexibility index (Phi) is 4.61. The summed E-state index contributed by atoms with van der Waals surface area (Å²) in [6.45, 7) is 0.193. The largest absolute Gasteiger partial charge is 0.444 e. The van der Waals surface area contributed by atoms with Crippen LogP contribution in [0.15, 0.2) is 77.2 Å². The van der Waals surface area contributed by atoms with Crippen LogP contribution in [0.5, 0.6) is 6.08 Å². The van der Waals surface area contributed by atoms with Crippen LogP contribution in [0.1, 0.15) is 11.3 Å². The van der Waals surface area contributed by atoms with Crippen LogP contribution in [0.2, 0.25) is 0 Å². The number of amides is 1. The van der Waals surface area contributed by atoms with Crippen LogP contribution >= 0.6 is 0 Å². The molecule has 0 fully saturated rings. The van der Waals surface area contributed by atoms with Gasteiger partial charge >= 0.3 is 6.08 Å². The molecule has 0 spiro atoms. The van der Waals surface area contributed by atoms with E-state index < -0.39 is 0 Å². The van der Waals surface area contributed by atoms with Crippen LogP contribution in [-0.2, 0) is 17.8 Å². The third kappa shape index (κ3) is 3.73. The predicted octanol–water partition coefficient (Wildman–Crippen LogP) is 4.46.